The molecule has 4 heteroatoms. The summed E-state index contributed by atoms with van der Waals surface area (Å²) < 4.78 is 19.5. The minimum absolute atomic E-state index is 0.289. The van der Waals surface area contributed by atoms with Crippen molar-refractivity contribution in [3.8, 4) is 5.75 Å². The van der Waals surface area contributed by atoms with Crippen LogP contribution in [0.5, 0.6) is 5.75 Å². The molecule has 2 aromatic rings. The van der Waals surface area contributed by atoms with E-state index < -0.39 is 0 Å². The lowest BCUT2D eigenvalue weighted by molar-refractivity contribution is 0.302. The van der Waals surface area contributed by atoms with Gasteiger partial charge in [0.2, 0.25) is 0 Å². The van der Waals surface area contributed by atoms with Gasteiger partial charge >= 0.3 is 0 Å². The molecular formula is C15H13BrClFO. The van der Waals surface area contributed by atoms with Gasteiger partial charge < -0.3 is 4.74 Å². The van der Waals surface area contributed by atoms with Crippen molar-refractivity contribution in [2.45, 2.75) is 19.4 Å². The van der Waals surface area contributed by atoms with Crippen LogP contribution in [0.1, 0.15) is 16.7 Å². The van der Waals surface area contributed by atoms with E-state index in [1.54, 1.807) is 6.07 Å². The van der Waals surface area contributed by atoms with E-state index in [0.29, 0.717) is 17.0 Å². The number of ether oxygens (including phenoxy) is 1. The minimum Gasteiger partial charge on any atom is -0.489 e. The van der Waals surface area contributed by atoms with E-state index in [2.05, 4.69) is 15.9 Å². The standard InChI is InChI=1S/C15H13BrClFO/c1-10-5-6-14(12(7-10)8-17)19-9-11-3-2-4-13(18)15(11)16/h2-7H,8-9H2,1H3. The maximum absolute atomic E-state index is 13.4. The van der Waals surface area contributed by atoms with Crippen LogP contribution in [-0.2, 0) is 12.5 Å². The fourth-order valence-electron chi connectivity index (χ4n) is 1.77. The van der Waals surface area contributed by atoms with Gasteiger partial charge in [-0.15, -0.1) is 11.6 Å². The SMILES string of the molecule is Cc1ccc(OCc2cccc(F)c2Br)c(CCl)c1. The summed E-state index contributed by atoms with van der Waals surface area (Å²) in [4.78, 5) is 0. The van der Waals surface area contributed by atoms with Gasteiger partial charge in [0.05, 0.1) is 10.4 Å². The van der Waals surface area contributed by atoms with Crippen LogP contribution in [0.25, 0.3) is 0 Å². The predicted molar refractivity (Wildman–Crippen MR) is 79.2 cm³/mol. The fourth-order valence-corrected chi connectivity index (χ4v) is 2.36. The molecule has 0 spiro atoms. The summed E-state index contributed by atoms with van der Waals surface area (Å²) in [6.07, 6.45) is 0. The first-order chi connectivity index (χ1) is 9.11. The molecule has 0 N–H and O–H groups in total. The number of hydrogen-bond acceptors (Lipinski definition) is 1. The van der Waals surface area contributed by atoms with Crippen molar-refractivity contribution in [2.75, 3.05) is 0 Å². The summed E-state index contributed by atoms with van der Waals surface area (Å²) >= 11 is 9.11. The van der Waals surface area contributed by atoms with Crippen molar-refractivity contribution in [3.63, 3.8) is 0 Å². The zero-order valence-corrected chi connectivity index (χ0v) is 12.8. The molecule has 0 unspecified atom stereocenters. The Labute approximate surface area is 125 Å². The van der Waals surface area contributed by atoms with E-state index in [1.165, 1.54) is 6.07 Å². The molecule has 0 saturated heterocycles. The summed E-state index contributed by atoms with van der Waals surface area (Å²) in [5.41, 5.74) is 2.84. The Kier molecular flexibility index (Phi) is 4.83. The Hall–Kier alpha value is -1.06. The van der Waals surface area contributed by atoms with Gasteiger partial charge in [-0.3, -0.25) is 0 Å². The molecule has 19 heavy (non-hydrogen) atoms. The second-order valence-corrected chi connectivity index (χ2v) is 5.31. The van der Waals surface area contributed by atoms with Crippen LogP contribution in [0.4, 0.5) is 4.39 Å². The van der Waals surface area contributed by atoms with E-state index in [1.807, 2.05) is 31.2 Å². The van der Waals surface area contributed by atoms with Crippen molar-refractivity contribution in [1.29, 1.82) is 0 Å². The molecule has 2 aromatic carbocycles. The number of alkyl halides is 1. The van der Waals surface area contributed by atoms with E-state index in [4.69, 9.17) is 16.3 Å². The lowest BCUT2D eigenvalue weighted by Crippen LogP contribution is -2.00. The van der Waals surface area contributed by atoms with Gasteiger partial charge in [0.15, 0.2) is 0 Å². The highest BCUT2D eigenvalue weighted by Crippen LogP contribution is 2.25. The van der Waals surface area contributed by atoms with Gasteiger partial charge in [-0.2, -0.15) is 0 Å². The Bertz CT molecular complexity index is 586. The highest BCUT2D eigenvalue weighted by atomic mass is 79.9. The maximum Gasteiger partial charge on any atom is 0.137 e. The Morgan fingerprint density at radius 1 is 1.21 bits per heavy atom. The Morgan fingerprint density at radius 2 is 2.00 bits per heavy atom. The molecule has 100 valence electrons. The van der Waals surface area contributed by atoms with Crippen molar-refractivity contribution < 1.29 is 9.13 Å². The molecule has 0 aliphatic heterocycles. The van der Waals surface area contributed by atoms with E-state index >= 15 is 0 Å². The van der Waals surface area contributed by atoms with Crippen LogP contribution in [0.2, 0.25) is 0 Å². The Morgan fingerprint density at radius 3 is 2.74 bits per heavy atom. The topological polar surface area (TPSA) is 9.23 Å². The van der Waals surface area contributed by atoms with Crippen molar-refractivity contribution in [2.24, 2.45) is 0 Å². The molecule has 0 saturated carbocycles. The molecule has 0 aromatic heterocycles. The zero-order valence-electron chi connectivity index (χ0n) is 10.4. The van der Waals surface area contributed by atoms with Gasteiger partial charge in [0.1, 0.15) is 18.2 Å². The molecule has 0 heterocycles. The lowest BCUT2D eigenvalue weighted by Gasteiger charge is -2.12. The normalized spacial score (nSPS) is 10.5. The van der Waals surface area contributed by atoms with Crippen LogP contribution in [0, 0.1) is 12.7 Å². The first kappa shape index (κ1) is 14.4. The molecule has 0 aliphatic carbocycles. The third-order valence-corrected chi connectivity index (χ3v) is 3.95. The van der Waals surface area contributed by atoms with Crippen LogP contribution in [0.3, 0.4) is 0 Å². The van der Waals surface area contributed by atoms with Gasteiger partial charge in [-0.1, -0.05) is 29.8 Å². The highest BCUT2D eigenvalue weighted by molar-refractivity contribution is 9.10. The first-order valence-corrected chi connectivity index (χ1v) is 7.15. The van der Waals surface area contributed by atoms with Crippen molar-refractivity contribution in [1.82, 2.24) is 0 Å². The number of rotatable bonds is 4. The number of halogens is 3. The molecular weight excluding hydrogens is 331 g/mol. The third-order valence-electron chi connectivity index (χ3n) is 2.77. The fraction of sp³-hybridized carbons (Fsp3) is 0.200. The largest absolute Gasteiger partial charge is 0.489 e. The first-order valence-electron chi connectivity index (χ1n) is 5.83. The highest BCUT2D eigenvalue weighted by Gasteiger charge is 2.08. The zero-order chi connectivity index (χ0) is 13.8. The monoisotopic (exact) mass is 342 g/mol. The summed E-state index contributed by atoms with van der Waals surface area (Å²) in [5.74, 6) is 0.834. The van der Waals surface area contributed by atoms with E-state index in [9.17, 15) is 4.39 Å². The predicted octanol–water partition coefficient (Wildman–Crippen LogP) is 5.21. The van der Waals surface area contributed by atoms with Crippen LogP contribution in [-0.4, -0.2) is 0 Å². The smallest absolute Gasteiger partial charge is 0.137 e. The number of aryl methyl sites for hydroxylation is 1. The summed E-state index contributed by atoms with van der Waals surface area (Å²) in [6, 6.07) is 10.7. The molecule has 2 rings (SSSR count). The maximum atomic E-state index is 13.4. The van der Waals surface area contributed by atoms with Gasteiger partial charge in [0, 0.05) is 11.1 Å². The summed E-state index contributed by atoms with van der Waals surface area (Å²) in [6.45, 7) is 2.30. The minimum atomic E-state index is -0.289. The average Bonchev–Trinajstić information content (AvgIpc) is 2.41. The molecule has 0 atom stereocenters. The molecule has 0 fully saturated rings. The molecule has 0 radical (unpaired) electrons. The van der Waals surface area contributed by atoms with Crippen LogP contribution >= 0.6 is 27.5 Å². The average molecular weight is 344 g/mol. The van der Waals surface area contributed by atoms with E-state index in [-0.39, 0.29) is 5.82 Å². The van der Waals surface area contributed by atoms with Crippen LogP contribution in [0.15, 0.2) is 40.9 Å². The second-order valence-electron chi connectivity index (χ2n) is 4.25. The van der Waals surface area contributed by atoms with Gasteiger partial charge in [-0.05, 0) is 35.0 Å². The summed E-state index contributed by atoms with van der Waals surface area (Å²) in [5, 5.41) is 0. The second kappa shape index (κ2) is 6.40. The molecule has 0 aliphatic rings. The van der Waals surface area contributed by atoms with Crippen molar-refractivity contribution >= 4 is 27.5 Å². The van der Waals surface area contributed by atoms with Crippen LogP contribution < -0.4 is 4.74 Å². The lowest BCUT2D eigenvalue weighted by atomic mass is 10.1. The van der Waals surface area contributed by atoms with Gasteiger partial charge in [0.25, 0.3) is 0 Å². The van der Waals surface area contributed by atoms with E-state index in [0.717, 1.165) is 22.4 Å². The molecule has 1 nitrogen and oxygen atoms in total. The quantitative estimate of drug-likeness (QED) is 0.692. The summed E-state index contributed by atoms with van der Waals surface area (Å²) in [7, 11) is 0. The third kappa shape index (κ3) is 3.48. The number of hydrogen-bond donors (Lipinski definition) is 0. The Balaban J connectivity index is 2.17. The molecule has 0 amide bonds. The molecule has 0 bridgehead atoms. The van der Waals surface area contributed by atoms with Crippen molar-refractivity contribution in [3.05, 3.63) is 63.4 Å². The van der Waals surface area contributed by atoms with Gasteiger partial charge in [-0.25, -0.2) is 4.39 Å². The number of benzene rings is 2.